The molecule has 0 saturated heterocycles. The topological polar surface area (TPSA) is 68.5 Å². The molecule has 3 aromatic rings. The van der Waals surface area contributed by atoms with Crippen LogP contribution in [0.2, 0.25) is 5.02 Å². The summed E-state index contributed by atoms with van der Waals surface area (Å²) in [7, 11) is 0. The van der Waals surface area contributed by atoms with Crippen LogP contribution in [-0.2, 0) is 9.53 Å². The monoisotopic (exact) mass is 403 g/mol. The van der Waals surface area contributed by atoms with Gasteiger partial charge in [0.05, 0.1) is 18.0 Å². The maximum Gasteiger partial charge on any atom is 0.313 e. The highest BCUT2D eigenvalue weighted by Crippen LogP contribution is 2.36. The normalized spacial score (nSPS) is 12.2. The van der Waals surface area contributed by atoms with Crippen LogP contribution in [0, 0.1) is 12.7 Å². The molecule has 1 aromatic heterocycles. The first-order valence-electron chi connectivity index (χ1n) is 8.76. The van der Waals surface area contributed by atoms with Crippen molar-refractivity contribution in [2.24, 2.45) is 0 Å². The van der Waals surface area contributed by atoms with E-state index in [0.29, 0.717) is 27.2 Å². The number of rotatable bonds is 4. The van der Waals surface area contributed by atoms with Crippen molar-refractivity contribution in [3.05, 3.63) is 64.1 Å². The minimum Gasteiger partial charge on any atom is -0.505 e. The molecule has 1 atom stereocenters. The first kappa shape index (κ1) is 19.9. The number of carbonyl (C=O) groups is 2. The first-order chi connectivity index (χ1) is 13.3. The van der Waals surface area contributed by atoms with E-state index in [4.69, 9.17) is 16.3 Å². The van der Waals surface area contributed by atoms with Crippen LogP contribution in [0.15, 0.2) is 36.4 Å². The Bertz CT molecular complexity index is 1070. The Kier molecular flexibility index (Phi) is 5.42. The van der Waals surface area contributed by atoms with Crippen LogP contribution in [0.25, 0.3) is 10.9 Å². The number of halogens is 2. The summed E-state index contributed by atoms with van der Waals surface area (Å²) in [5, 5.41) is 10.8. The van der Waals surface area contributed by atoms with Crippen LogP contribution in [0.5, 0.6) is 5.75 Å². The molecule has 0 bridgehead atoms. The molecule has 5 nitrogen and oxygen atoms in total. The third-order valence-electron chi connectivity index (χ3n) is 4.69. The van der Waals surface area contributed by atoms with Crippen molar-refractivity contribution in [2.75, 3.05) is 6.61 Å². The van der Waals surface area contributed by atoms with Gasteiger partial charge in [-0.1, -0.05) is 11.6 Å². The van der Waals surface area contributed by atoms with Crippen LogP contribution in [-0.4, -0.2) is 28.2 Å². The largest absolute Gasteiger partial charge is 0.505 e. The number of esters is 1. The van der Waals surface area contributed by atoms with Crippen LogP contribution in [0.1, 0.15) is 41.4 Å². The minimum absolute atomic E-state index is 0.213. The summed E-state index contributed by atoms with van der Waals surface area (Å²) in [5.74, 6) is -2.98. The smallest absolute Gasteiger partial charge is 0.313 e. The van der Waals surface area contributed by atoms with Crippen molar-refractivity contribution in [3.8, 4) is 5.75 Å². The maximum atomic E-state index is 14.1. The average Bonchev–Trinajstić information content (AvgIpc) is 2.92. The maximum absolute atomic E-state index is 14.1. The summed E-state index contributed by atoms with van der Waals surface area (Å²) in [4.78, 5) is 25.4. The van der Waals surface area contributed by atoms with Gasteiger partial charge in [-0.05, 0) is 56.7 Å². The number of nitrogens with zero attached hydrogens (tertiary/aromatic N) is 1. The van der Waals surface area contributed by atoms with E-state index in [2.05, 4.69) is 0 Å². The average molecular weight is 404 g/mol. The zero-order valence-electron chi connectivity index (χ0n) is 15.6. The molecular weight excluding hydrogens is 385 g/mol. The molecule has 2 aromatic carbocycles. The van der Waals surface area contributed by atoms with Gasteiger partial charge in [0.15, 0.2) is 11.6 Å². The molecule has 0 fully saturated rings. The number of phenols is 1. The zero-order valence-corrected chi connectivity index (χ0v) is 16.4. The quantitative estimate of drug-likeness (QED) is 0.635. The SMILES string of the molecule is CCOC(=O)[C@@H](C)c1c(C)n(C(=O)c2ccc(Cl)cc2)c2cc(F)c(O)cc12. The van der Waals surface area contributed by atoms with E-state index in [1.54, 1.807) is 45.0 Å². The van der Waals surface area contributed by atoms with Gasteiger partial charge in [-0.15, -0.1) is 0 Å². The van der Waals surface area contributed by atoms with E-state index in [1.165, 1.54) is 10.6 Å². The Morgan fingerprint density at radius 1 is 1.25 bits per heavy atom. The van der Waals surface area contributed by atoms with Gasteiger partial charge in [0.25, 0.3) is 5.91 Å². The Morgan fingerprint density at radius 2 is 1.89 bits per heavy atom. The fraction of sp³-hybridized carbons (Fsp3) is 0.238. The number of aromatic hydroxyl groups is 1. The van der Waals surface area contributed by atoms with Crippen molar-refractivity contribution < 1.29 is 23.8 Å². The molecule has 146 valence electrons. The van der Waals surface area contributed by atoms with Gasteiger partial charge in [0, 0.05) is 27.7 Å². The van der Waals surface area contributed by atoms with Crippen LogP contribution in [0.3, 0.4) is 0 Å². The van der Waals surface area contributed by atoms with Crippen molar-refractivity contribution in [1.29, 1.82) is 0 Å². The molecule has 0 radical (unpaired) electrons. The van der Waals surface area contributed by atoms with Crippen molar-refractivity contribution in [2.45, 2.75) is 26.7 Å². The number of hydrogen-bond donors (Lipinski definition) is 1. The number of carbonyl (C=O) groups excluding carboxylic acids is 2. The molecule has 1 N–H and O–H groups in total. The third-order valence-corrected chi connectivity index (χ3v) is 4.94. The first-order valence-corrected chi connectivity index (χ1v) is 9.14. The second kappa shape index (κ2) is 7.64. The molecule has 7 heteroatoms. The highest BCUT2D eigenvalue weighted by atomic mass is 35.5. The van der Waals surface area contributed by atoms with Gasteiger partial charge in [0.2, 0.25) is 0 Å². The van der Waals surface area contributed by atoms with E-state index < -0.39 is 29.4 Å². The standard InChI is InChI=1S/C21H19ClFNO4/c1-4-28-21(27)11(2)19-12(3)24(17-10-16(23)18(25)9-15(17)19)20(26)13-5-7-14(22)8-6-13/h5-11,25H,4H2,1-3H3/t11-/m0/s1. The second-order valence-electron chi connectivity index (χ2n) is 6.44. The highest BCUT2D eigenvalue weighted by Gasteiger charge is 2.28. The van der Waals surface area contributed by atoms with Gasteiger partial charge in [0.1, 0.15) is 0 Å². The Labute approximate surface area is 166 Å². The van der Waals surface area contributed by atoms with Crippen LogP contribution in [0.4, 0.5) is 4.39 Å². The number of fused-ring (bicyclic) bond motifs is 1. The number of aromatic nitrogens is 1. The van der Waals surface area contributed by atoms with Gasteiger partial charge >= 0.3 is 5.97 Å². The fourth-order valence-electron chi connectivity index (χ4n) is 3.36. The lowest BCUT2D eigenvalue weighted by Gasteiger charge is -2.12. The van der Waals surface area contributed by atoms with Gasteiger partial charge < -0.3 is 9.84 Å². The molecular formula is C21H19ClFNO4. The predicted octanol–water partition coefficient (Wildman–Crippen LogP) is 4.80. The molecule has 0 unspecified atom stereocenters. The molecule has 0 aliphatic rings. The summed E-state index contributed by atoms with van der Waals surface area (Å²) in [6.45, 7) is 5.24. The Morgan fingerprint density at radius 3 is 2.50 bits per heavy atom. The molecule has 0 aliphatic carbocycles. The summed E-state index contributed by atoms with van der Waals surface area (Å²) >= 11 is 5.89. The van der Waals surface area contributed by atoms with Crippen LogP contribution < -0.4 is 0 Å². The Hall–Kier alpha value is -2.86. The van der Waals surface area contributed by atoms with Gasteiger partial charge in [-0.25, -0.2) is 4.39 Å². The number of ether oxygens (including phenoxy) is 1. The summed E-state index contributed by atoms with van der Waals surface area (Å²) < 4.78 is 20.5. The van der Waals surface area contributed by atoms with Crippen molar-refractivity contribution in [1.82, 2.24) is 4.57 Å². The molecule has 0 spiro atoms. The number of benzene rings is 2. The molecule has 0 aliphatic heterocycles. The van der Waals surface area contributed by atoms with E-state index in [-0.39, 0.29) is 12.1 Å². The van der Waals surface area contributed by atoms with E-state index >= 15 is 0 Å². The van der Waals surface area contributed by atoms with Crippen molar-refractivity contribution in [3.63, 3.8) is 0 Å². The zero-order chi connectivity index (χ0) is 20.6. The van der Waals surface area contributed by atoms with Crippen molar-refractivity contribution >= 4 is 34.4 Å². The lowest BCUT2D eigenvalue weighted by Crippen LogP contribution is -2.16. The molecule has 0 saturated carbocycles. The summed E-state index contributed by atoms with van der Waals surface area (Å²) in [5.41, 5.74) is 1.60. The molecule has 3 rings (SSSR count). The molecule has 28 heavy (non-hydrogen) atoms. The van der Waals surface area contributed by atoms with E-state index in [9.17, 15) is 19.1 Å². The fourth-order valence-corrected chi connectivity index (χ4v) is 3.49. The molecule has 1 heterocycles. The number of hydrogen-bond acceptors (Lipinski definition) is 4. The predicted molar refractivity (Wildman–Crippen MR) is 105 cm³/mol. The van der Waals surface area contributed by atoms with E-state index in [0.717, 1.165) is 6.07 Å². The number of phenolic OH excluding ortho intramolecular Hbond substituents is 1. The second-order valence-corrected chi connectivity index (χ2v) is 6.88. The van der Waals surface area contributed by atoms with Gasteiger partial charge in [-0.3, -0.25) is 14.2 Å². The van der Waals surface area contributed by atoms with Crippen LogP contribution >= 0.6 is 11.6 Å². The Balaban J connectivity index is 2.26. The third kappa shape index (κ3) is 3.36. The highest BCUT2D eigenvalue weighted by molar-refractivity contribution is 6.30. The summed E-state index contributed by atoms with van der Waals surface area (Å²) in [6, 6.07) is 8.64. The van der Waals surface area contributed by atoms with Gasteiger partial charge in [-0.2, -0.15) is 0 Å². The lowest BCUT2D eigenvalue weighted by molar-refractivity contribution is -0.144. The minimum atomic E-state index is -0.856. The summed E-state index contributed by atoms with van der Waals surface area (Å²) in [6.07, 6.45) is 0. The molecule has 0 amide bonds. The van der Waals surface area contributed by atoms with E-state index in [1.807, 2.05) is 0 Å². The lowest BCUT2D eigenvalue weighted by atomic mass is 9.98.